The van der Waals surface area contributed by atoms with E-state index in [1.165, 1.54) is 35.6 Å². The van der Waals surface area contributed by atoms with Crippen molar-refractivity contribution in [3.05, 3.63) is 93.9 Å². The van der Waals surface area contributed by atoms with E-state index in [-0.39, 0.29) is 11.6 Å². The lowest BCUT2D eigenvalue weighted by atomic mass is 10.1. The molecule has 0 saturated heterocycles. The van der Waals surface area contributed by atoms with Gasteiger partial charge in [0.1, 0.15) is 5.82 Å². The highest BCUT2D eigenvalue weighted by Crippen LogP contribution is 2.25. The summed E-state index contributed by atoms with van der Waals surface area (Å²) in [7, 11) is 0. The predicted molar refractivity (Wildman–Crippen MR) is 97.4 cm³/mol. The van der Waals surface area contributed by atoms with E-state index in [0.717, 1.165) is 10.4 Å². The molecule has 1 N–H and O–H groups in total. The van der Waals surface area contributed by atoms with Gasteiger partial charge in [-0.1, -0.05) is 48.5 Å². The minimum atomic E-state index is -0.870. The standard InChI is InChI=1S/C20H16FNO3S/c21-16-10-5-4-9-15(16)20(24)25-13-18(23)22-19(17-11-6-12-26-17)14-7-2-1-3-8-14/h1-12,19H,13H2,(H,22,23)/t19-/m1/s1. The second-order valence-corrected chi connectivity index (χ2v) is 6.46. The molecule has 0 aliphatic heterocycles. The van der Waals surface area contributed by atoms with Gasteiger partial charge in [-0.05, 0) is 29.1 Å². The number of carbonyl (C=O) groups is 2. The monoisotopic (exact) mass is 369 g/mol. The van der Waals surface area contributed by atoms with Gasteiger partial charge in [0.15, 0.2) is 6.61 Å². The number of halogens is 1. The van der Waals surface area contributed by atoms with Gasteiger partial charge in [-0.25, -0.2) is 9.18 Å². The maximum Gasteiger partial charge on any atom is 0.341 e. The van der Waals surface area contributed by atoms with Crippen molar-refractivity contribution in [1.82, 2.24) is 5.32 Å². The molecule has 26 heavy (non-hydrogen) atoms. The lowest BCUT2D eigenvalue weighted by Gasteiger charge is -2.18. The number of amides is 1. The van der Waals surface area contributed by atoms with E-state index in [2.05, 4.69) is 5.32 Å². The number of hydrogen-bond donors (Lipinski definition) is 1. The van der Waals surface area contributed by atoms with Gasteiger partial charge in [-0.2, -0.15) is 0 Å². The maximum atomic E-state index is 13.6. The fourth-order valence-electron chi connectivity index (χ4n) is 2.46. The van der Waals surface area contributed by atoms with E-state index >= 15 is 0 Å². The van der Waals surface area contributed by atoms with Crippen LogP contribution in [0.5, 0.6) is 0 Å². The Morgan fingerprint density at radius 1 is 1.00 bits per heavy atom. The zero-order chi connectivity index (χ0) is 18.4. The third-order valence-electron chi connectivity index (χ3n) is 3.69. The van der Waals surface area contributed by atoms with Crippen molar-refractivity contribution in [3.63, 3.8) is 0 Å². The zero-order valence-electron chi connectivity index (χ0n) is 13.7. The first-order valence-electron chi connectivity index (χ1n) is 7.94. The molecule has 6 heteroatoms. The molecular weight excluding hydrogens is 353 g/mol. The molecule has 0 aliphatic carbocycles. The second kappa shape index (κ2) is 8.40. The summed E-state index contributed by atoms with van der Waals surface area (Å²) >= 11 is 1.52. The topological polar surface area (TPSA) is 55.4 Å². The maximum absolute atomic E-state index is 13.6. The van der Waals surface area contributed by atoms with Crippen LogP contribution in [0, 0.1) is 5.82 Å². The Morgan fingerprint density at radius 3 is 2.42 bits per heavy atom. The van der Waals surface area contributed by atoms with Crippen LogP contribution in [0.25, 0.3) is 0 Å². The Bertz CT molecular complexity index is 881. The van der Waals surface area contributed by atoms with Crippen LogP contribution in [-0.2, 0) is 9.53 Å². The number of benzene rings is 2. The number of esters is 1. The summed E-state index contributed by atoms with van der Waals surface area (Å²) in [4.78, 5) is 25.1. The molecule has 0 aliphatic rings. The third kappa shape index (κ3) is 4.34. The largest absolute Gasteiger partial charge is 0.452 e. The Morgan fingerprint density at radius 2 is 1.73 bits per heavy atom. The molecule has 0 saturated carbocycles. The molecule has 0 bridgehead atoms. The first kappa shape index (κ1) is 17.8. The quantitative estimate of drug-likeness (QED) is 0.670. The Kier molecular flexibility index (Phi) is 5.76. The van der Waals surface area contributed by atoms with Crippen LogP contribution < -0.4 is 5.32 Å². The number of carbonyl (C=O) groups excluding carboxylic acids is 2. The lowest BCUT2D eigenvalue weighted by Crippen LogP contribution is -2.32. The van der Waals surface area contributed by atoms with E-state index in [1.807, 2.05) is 47.8 Å². The van der Waals surface area contributed by atoms with Gasteiger partial charge in [0.2, 0.25) is 0 Å². The normalized spacial score (nSPS) is 11.6. The first-order valence-corrected chi connectivity index (χ1v) is 8.82. The number of rotatable bonds is 6. The van der Waals surface area contributed by atoms with Gasteiger partial charge in [0.25, 0.3) is 5.91 Å². The molecule has 0 unspecified atom stereocenters. The van der Waals surface area contributed by atoms with Gasteiger partial charge in [0.05, 0.1) is 11.6 Å². The third-order valence-corrected chi connectivity index (χ3v) is 4.63. The molecule has 0 radical (unpaired) electrons. The number of hydrogen-bond acceptors (Lipinski definition) is 4. The van der Waals surface area contributed by atoms with Crippen LogP contribution in [-0.4, -0.2) is 18.5 Å². The number of nitrogens with one attached hydrogen (secondary N) is 1. The molecule has 2 aromatic carbocycles. The molecule has 1 amide bonds. The summed E-state index contributed by atoms with van der Waals surface area (Å²) in [6.45, 7) is -0.484. The Balaban J connectivity index is 1.65. The van der Waals surface area contributed by atoms with E-state index in [0.29, 0.717) is 0 Å². The van der Waals surface area contributed by atoms with Crippen LogP contribution in [0.2, 0.25) is 0 Å². The van der Waals surface area contributed by atoms with Crippen molar-refractivity contribution < 1.29 is 18.7 Å². The molecule has 1 heterocycles. The van der Waals surface area contributed by atoms with Crippen LogP contribution in [0.15, 0.2) is 72.1 Å². The zero-order valence-corrected chi connectivity index (χ0v) is 14.5. The van der Waals surface area contributed by atoms with E-state index in [1.54, 1.807) is 0 Å². The molecule has 0 fully saturated rings. The lowest BCUT2D eigenvalue weighted by molar-refractivity contribution is -0.124. The minimum absolute atomic E-state index is 0.196. The first-order chi connectivity index (χ1) is 12.6. The molecule has 1 atom stereocenters. The Labute approximate surface area is 154 Å². The predicted octanol–water partition coefficient (Wildman–Crippen LogP) is 3.95. The summed E-state index contributed by atoms with van der Waals surface area (Å²) in [5.41, 5.74) is 0.724. The second-order valence-electron chi connectivity index (χ2n) is 5.48. The average Bonchev–Trinajstić information content (AvgIpc) is 3.19. The molecule has 0 spiro atoms. The molecule has 3 aromatic rings. The molecule has 4 nitrogen and oxygen atoms in total. The van der Waals surface area contributed by atoms with Crippen LogP contribution in [0.3, 0.4) is 0 Å². The van der Waals surface area contributed by atoms with E-state index in [9.17, 15) is 14.0 Å². The summed E-state index contributed by atoms with van der Waals surface area (Å²) in [5.74, 6) is -2.01. The van der Waals surface area contributed by atoms with Crippen LogP contribution in [0.4, 0.5) is 4.39 Å². The van der Waals surface area contributed by atoms with Gasteiger partial charge in [0, 0.05) is 4.88 Å². The summed E-state index contributed by atoms with van der Waals surface area (Å²) in [6, 6.07) is 18.5. The van der Waals surface area contributed by atoms with Crippen molar-refractivity contribution in [3.8, 4) is 0 Å². The average molecular weight is 369 g/mol. The highest BCUT2D eigenvalue weighted by Gasteiger charge is 2.19. The van der Waals surface area contributed by atoms with Crippen LogP contribution >= 0.6 is 11.3 Å². The fraction of sp³-hybridized carbons (Fsp3) is 0.100. The number of ether oxygens (including phenoxy) is 1. The van der Waals surface area contributed by atoms with Gasteiger partial charge in [-0.3, -0.25) is 4.79 Å². The minimum Gasteiger partial charge on any atom is -0.452 e. The van der Waals surface area contributed by atoms with Crippen molar-refractivity contribution in [2.45, 2.75) is 6.04 Å². The summed E-state index contributed by atoms with van der Waals surface area (Å²) in [5, 5.41) is 4.78. The van der Waals surface area contributed by atoms with Gasteiger partial charge < -0.3 is 10.1 Å². The molecule has 1 aromatic heterocycles. The highest BCUT2D eigenvalue weighted by molar-refractivity contribution is 7.10. The van der Waals surface area contributed by atoms with E-state index in [4.69, 9.17) is 4.74 Å². The van der Waals surface area contributed by atoms with Gasteiger partial charge >= 0.3 is 5.97 Å². The van der Waals surface area contributed by atoms with Crippen LogP contribution in [0.1, 0.15) is 26.8 Å². The van der Waals surface area contributed by atoms with Crippen molar-refractivity contribution in [2.75, 3.05) is 6.61 Å². The summed E-state index contributed by atoms with van der Waals surface area (Å²) in [6.07, 6.45) is 0. The number of thiophene rings is 1. The van der Waals surface area contributed by atoms with Crippen molar-refractivity contribution >= 4 is 23.2 Å². The Hall–Kier alpha value is -2.99. The fourth-order valence-corrected chi connectivity index (χ4v) is 3.26. The van der Waals surface area contributed by atoms with E-state index < -0.39 is 24.3 Å². The molecule has 132 valence electrons. The smallest absolute Gasteiger partial charge is 0.341 e. The van der Waals surface area contributed by atoms with Gasteiger partial charge in [-0.15, -0.1) is 11.3 Å². The highest BCUT2D eigenvalue weighted by atomic mass is 32.1. The SMILES string of the molecule is O=C(COC(=O)c1ccccc1F)N[C@H](c1ccccc1)c1cccs1. The molecule has 3 rings (SSSR count). The molecular formula is C20H16FNO3S. The summed E-state index contributed by atoms with van der Waals surface area (Å²) < 4.78 is 18.5. The van der Waals surface area contributed by atoms with Crippen molar-refractivity contribution in [2.24, 2.45) is 0 Å². The van der Waals surface area contributed by atoms with Crippen molar-refractivity contribution in [1.29, 1.82) is 0 Å².